The Labute approximate surface area is 154 Å². The van der Waals surface area contributed by atoms with Gasteiger partial charge in [-0.1, -0.05) is 41.4 Å². The number of fused-ring (bicyclic) bond motifs is 1. The van der Waals surface area contributed by atoms with E-state index in [2.05, 4.69) is 4.98 Å². The fourth-order valence-electron chi connectivity index (χ4n) is 2.39. The summed E-state index contributed by atoms with van der Waals surface area (Å²) in [5.41, 5.74) is 1.79. The Kier molecular flexibility index (Phi) is 4.88. The molecule has 0 atom stereocenters. The number of ether oxygens (including phenoxy) is 1. The van der Waals surface area contributed by atoms with E-state index in [1.807, 2.05) is 31.2 Å². The number of hydrogen-bond acceptors (Lipinski definition) is 4. The molecule has 0 saturated heterocycles. The SMILES string of the molecule is Cc1ccc2cccc(OCc3c(Cl)ccc(S(=O)(=O)O)c3Cl)c2n1. The average molecular weight is 398 g/mol. The van der Waals surface area contributed by atoms with Crippen LogP contribution in [-0.4, -0.2) is 18.0 Å². The minimum absolute atomic E-state index is 0.0736. The van der Waals surface area contributed by atoms with Crippen LogP contribution in [0.15, 0.2) is 47.4 Å². The molecule has 1 heterocycles. The normalized spacial score (nSPS) is 11.7. The zero-order valence-electron chi connectivity index (χ0n) is 13.0. The van der Waals surface area contributed by atoms with Crippen molar-refractivity contribution in [1.82, 2.24) is 4.98 Å². The molecule has 3 aromatic rings. The van der Waals surface area contributed by atoms with Crippen LogP contribution in [-0.2, 0) is 16.7 Å². The molecule has 2 aromatic carbocycles. The van der Waals surface area contributed by atoms with Crippen molar-refractivity contribution in [2.75, 3.05) is 0 Å². The minimum Gasteiger partial charge on any atom is -0.487 e. The summed E-state index contributed by atoms with van der Waals surface area (Å²) in [5, 5.41) is 0.980. The number of aromatic nitrogens is 1. The third-order valence-corrected chi connectivity index (χ3v) is 5.42. The van der Waals surface area contributed by atoms with Crippen molar-refractivity contribution < 1.29 is 17.7 Å². The fourth-order valence-corrected chi connectivity index (χ4v) is 3.75. The number of benzene rings is 2. The van der Waals surface area contributed by atoms with Crippen molar-refractivity contribution in [1.29, 1.82) is 0 Å². The molecule has 0 aliphatic heterocycles. The fraction of sp³-hybridized carbons (Fsp3) is 0.118. The summed E-state index contributed by atoms with van der Waals surface area (Å²) in [5.74, 6) is 0.519. The Balaban J connectivity index is 1.99. The molecule has 25 heavy (non-hydrogen) atoms. The number of aryl methyl sites for hydroxylation is 1. The number of rotatable bonds is 4. The van der Waals surface area contributed by atoms with Gasteiger partial charge >= 0.3 is 0 Å². The van der Waals surface area contributed by atoms with Gasteiger partial charge in [-0.25, -0.2) is 4.98 Å². The van der Waals surface area contributed by atoms with Crippen molar-refractivity contribution in [3.05, 3.63) is 63.8 Å². The number of pyridine rings is 1. The lowest BCUT2D eigenvalue weighted by Gasteiger charge is -2.13. The molecule has 0 radical (unpaired) electrons. The lowest BCUT2D eigenvalue weighted by Crippen LogP contribution is -2.04. The van der Waals surface area contributed by atoms with Crippen molar-refractivity contribution >= 4 is 44.2 Å². The van der Waals surface area contributed by atoms with Crippen LogP contribution in [0.4, 0.5) is 0 Å². The van der Waals surface area contributed by atoms with Crippen molar-refractivity contribution in [3.8, 4) is 5.75 Å². The Morgan fingerprint density at radius 3 is 2.60 bits per heavy atom. The van der Waals surface area contributed by atoms with Gasteiger partial charge in [0.05, 0.1) is 5.02 Å². The molecule has 5 nitrogen and oxygen atoms in total. The molecule has 0 fully saturated rings. The third kappa shape index (κ3) is 3.72. The summed E-state index contributed by atoms with van der Waals surface area (Å²) in [4.78, 5) is 4.05. The molecule has 0 spiro atoms. The smallest absolute Gasteiger partial charge is 0.296 e. The molecule has 0 bridgehead atoms. The van der Waals surface area contributed by atoms with E-state index in [1.165, 1.54) is 6.07 Å². The second-order valence-electron chi connectivity index (χ2n) is 5.38. The number of hydrogen-bond donors (Lipinski definition) is 1. The van der Waals surface area contributed by atoms with Gasteiger partial charge in [0, 0.05) is 21.7 Å². The largest absolute Gasteiger partial charge is 0.487 e. The van der Waals surface area contributed by atoms with E-state index in [1.54, 1.807) is 6.07 Å². The van der Waals surface area contributed by atoms with Crippen LogP contribution >= 0.6 is 23.2 Å². The first-order valence-electron chi connectivity index (χ1n) is 7.21. The Bertz CT molecular complexity index is 1070. The molecule has 0 aliphatic rings. The van der Waals surface area contributed by atoms with Crippen LogP contribution < -0.4 is 4.74 Å². The maximum absolute atomic E-state index is 11.4. The van der Waals surface area contributed by atoms with Gasteiger partial charge in [0.1, 0.15) is 22.8 Å². The third-order valence-electron chi connectivity index (χ3n) is 3.62. The minimum atomic E-state index is -4.45. The summed E-state index contributed by atoms with van der Waals surface area (Å²) in [6.45, 7) is 1.80. The van der Waals surface area contributed by atoms with Crippen LogP contribution in [0.3, 0.4) is 0 Å². The van der Waals surface area contributed by atoms with E-state index in [4.69, 9.17) is 27.9 Å². The van der Waals surface area contributed by atoms with Gasteiger partial charge in [0.15, 0.2) is 0 Å². The zero-order valence-corrected chi connectivity index (χ0v) is 15.4. The summed E-state index contributed by atoms with van der Waals surface area (Å²) >= 11 is 12.2. The molecule has 1 N–H and O–H groups in total. The van der Waals surface area contributed by atoms with Gasteiger partial charge in [-0.15, -0.1) is 0 Å². The highest BCUT2D eigenvalue weighted by Crippen LogP contribution is 2.33. The summed E-state index contributed by atoms with van der Waals surface area (Å²) in [6, 6.07) is 11.8. The van der Waals surface area contributed by atoms with Crippen LogP contribution in [0.25, 0.3) is 10.9 Å². The maximum Gasteiger partial charge on any atom is 0.296 e. The maximum atomic E-state index is 11.4. The molecule has 8 heteroatoms. The number of para-hydroxylation sites is 1. The van der Waals surface area contributed by atoms with E-state index in [9.17, 15) is 13.0 Å². The van der Waals surface area contributed by atoms with Gasteiger partial charge in [0.25, 0.3) is 10.1 Å². The molecular formula is C17H13Cl2NO4S. The van der Waals surface area contributed by atoms with Crippen LogP contribution in [0.1, 0.15) is 11.3 Å². The van der Waals surface area contributed by atoms with Crippen LogP contribution in [0, 0.1) is 6.92 Å². The molecule has 1 aromatic heterocycles. The highest BCUT2D eigenvalue weighted by atomic mass is 35.5. The summed E-state index contributed by atoms with van der Waals surface area (Å²) in [6.07, 6.45) is 0. The summed E-state index contributed by atoms with van der Waals surface area (Å²) < 4.78 is 37.8. The highest BCUT2D eigenvalue weighted by Gasteiger charge is 2.20. The Hall–Kier alpha value is -1.86. The molecule has 0 aliphatic carbocycles. The van der Waals surface area contributed by atoms with Gasteiger partial charge in [-0.05, 0) is 31.2 Å². The van der Waals surface area contributed by atoms with Gasteiger partial charge in [-0.3, -0.25) is 4.55 Å². The van der Waals surface area contributed by atoms with E-state index in [0.29, 0.717) is 11.3 Å². The second-order valence-corrected chi connectivity index (χ2v) is 7.56. The zero-order chi connectivity index (χ0) is 18.2. The summed E-state index contributed by atoms with van der Waals surface area (Å²) in [7, 11) is -4.45. The number of halogens is 2. The Morgan fingerprint density at radius 1 is 1.12 bits per heavy atom. The topological polar surface area (TPSA) is 76.5 Å². The highest BCUT2D eigenvalue weighted by molar-refractivity contribution is 7.86. The molecule has 0 unspecified atom stereocenters. The van der Waals surface area contributed by atoms with Crippen molar-refractivity contribution in [3.63, 3.8) is 0 Å². The molecule has 0 amide bonds. The standard InChI is InChI=1S/C17H13Cl2NO4S/c1-10-5-6-11-3-2-4-14(17(11)20-10)24-9-12-13(18)7-8-15(16(12)19)25(21,22)23/h2-8H,9H2,1H3,(H,21,22,23). The predicted octanol–water partition coefficient (Wildman–Crippen LogP) is 4.68. The lowest BCUT2D eigenvalue weighted by molar-refractivity contribution is 0.309. The Morgan fingerprint density at radius 2 is 1.88 bits per heavy atom. The first-order valence-corrected chi connectivity index (χ1v) is 9.40. The van der Waals surface area contributed by atoms with E-state index >= 15 is 0 Å². The van der Waals surface area contributed by atoms with Crippen LogP contribution in [0.5, 0.6) is 5.75 Å². The second kappa shape index (κ2) is 6.80. The van der Waals surface area contributed by atoms with E-state index in [-0.39, 0.29) is 22.2 Å². The molecule has 0 saturated carbocycles. The molecule has 3 rings (SSSR count). The van der Waals surface area contributed by atoms with Crippen molar-refractivity contribution in [2.45, 2.75) is 18.4 Å². The molecule has 130 valence electrons. The van der Waals surface area contributed by atoms with Gasteiger partial charge in [0.2, 0.25) is 0 Å². The van der Waals surface area contributed by atoms with E-state index in [0.717, 1.165) is 17.1 Å². The molecular weight excluding hydrogens is 385 g/mol. The monoisotopic (exact) mass is 397 g/mol. The van der Waals surface area contributed by atoms with Gasteiger partial charge < -0.3 is 4.74 Å². The predicted molar refractivity (Wildman–Crippen MR) is 97.1 cm³/mol. The van der Waals surface area contributed by atoms with Crippen LogP contribution in [0.2, 0.25) is 10.0 Å². The average Bonchev–Trinajstić information content (AvgIpc) is 2.53. The number of nitrogens with zero attached hydrogens (tertiary/aromatic N) is 1. The lowest BCUT2D eigenvalue weighted by atomic mass is 10.2. The first-order chi connectivity index (χ1) is 11.8. The quantitative estimate of drug-likeness (QED) is 0.646. The van der Waals surface area contributed by atoms with Crippen molar-refractivity contribution in [2.24, 2.45) is 0 Å². The van der Waals surface area contributed by atoms with E-state index < -0.39 is 15.0 Å². The first kappa shape index (κ1) is 17.9. The van der Waals surface area contributed by atoms with Gasteiger partial charge in [-0.2, -0.15) is 8.42 Å².